The maximum Gasteiger partial charge on any atom is 0.416 e. The lowest BCUT2D eigenvalue weighted by atomic mass is 10.1. The molecular formula is C15H19F3N2. The number of hydrogen-bond donors (Lipinski definition) is 1. The van der Waals surface area contributed by atoms with Crippen molar-refractivity contribution in [2.75, 3.05) is 13.1 Å². The Kier molecular flexibility index (Phi) is 3.73. The minimum Gasteiger partial charge on any atom is -0.310 e. The smallest absolute Gasteiger partial charge is 0.310 e. The molecule has 0 amide bonds. The Balaban J connectivity index is 1.57. The molecule has 1 N–H and O–H groups in total. The van der Waals surface area contributed by atoms with Gasteiger partial charge in [0.1, 0.15) is 0 Å². The van der Waals surface area contributed by atoms with Gasteiger partial charge in [-0.05, 0) is 30.9 Å². The second-order valence-corrected chi connectivity index (χ2v) is 5.86. The molecule has 0 radical (unpaired) electrons. The first-order chi connectivity index (χ1) is 9.50. The minimum atomic E-state index is -4.25. The van der Waals surface area contributed by atoms with Crippen molar-refractivity contribution in [3.63, 3.8) is 0 Å². The molecular weight excluding hydrogens is 265 g/mol. The normalized spacial score (nSPS) is 24.2. The number of benzene rings is 1. The van der Waals surface area contributed by atoms with Gasteiger partial charge in [-0.25, -0.2) is 0 Å². The fraction of sp³-hybridized carbons (Fsp3) is 0.600. The lowest BCUT2D eigenvalue weighted by Gasteiger charge is -2.17. The molecule has 2 nitrogen and oxygen atoms in total. The molecule has 1 saturated carbocycles. The fourth-order valence-electron chi connectivity index (χ4n) is 2.80. The van der Waals surface area contributed by atoms with Crippen molar-refractivity contribution in [3.8, 4) is 0 Å². The van der Waals surface area contributed by atoms with Crippen LogP contribution in [0.5, 0.6) is 0 Å². The van der Waals surface area contributed by atoms with Crippen LogP contribution in [-0.4, -0.2) is 30.1 Å². The van der Waals surface area contributed by atoms with E-state index in [-0.39, 0.29) is 0 Å². The number of likely N-dealkylation sites (tertiary alicyclic amines) is 1. The molecule has 0 spiro atoms. The summed E-state index contributed by atoms with van der Waals surface area (Å²) in [6, 6.07) is 6.86. The third-order valence-electron chi connectivity index (χ3n) is 3.98. The van der Waals surface area contributed by atoms with E-state index in [1.807, 2.05) is 0 Å². The second-order valence-electron chi connectivity index (χ2n) is 5.86. The Hall–Kier alpha value is -1.07. The summed E-state index contributed by atoms with van der Waals surface area (Å²) in [5, 5.41) is 3.58. The molecule has 1 heterocycles. The molecule has 5 heteroatoms. The van der Waals surface area contributed by atoms with Gasteiger partial charge in [0.2, 0.25) is 0 Å². The summed E-state index contributed by atoms with van der Waals surface area (Å²) in [5.74, 6) is 0. The Morgan fingerprint density at radius 3 is 2.65 bits per heavy atom. The summed E-state index contributed by atoms with van der Waals surface area (Å²) in [5.41, 5.74) is 0.189. The first-order valence-electron chi connectivity index (χ1n) is 7.15. The van der Waals surface area contributed by atoms with Gasteiger partial charge >= 0.3 is 6.18 Å². The average Bonchev–Trinajstić information content (AvgIpc) is 3.09. The van der Waals surface area contributed by atoms with Crippen LogP contribution in [-0.2, 0) is 12.7 Å². The number of hydrogen-bond acceptors (Lipinski definition) is 2. The van der Waals surface area contributed by atoms with Gasteiger partial charge in [0, 0.05) is 31.7 Å². The molecule has 1 aliphatic carbocycles. The molecule has 1 aromatic rings. The zero-order chi connectivity index (χ0) is 14.2. The highest BCUT2D eigenvalue weighted by atomic mass is 19.4. The molecule has 1 aromatic carbocycles. The first kappa shape index (κ1) is 13.9. The van der Waals surface area contributed by atoms with E-state index in [2.05, 4.69) is 10.2 Å². The monoisotopic (exact) mass is 284 g/mol. The predicted octanol–water partition coefficient (Wildman–Crippen LogP) is 3.03. The van der Waals surface area contributed by atoms with Crippen LogP contribution >= 0.6 is 0 Å². The van der Waals surface area contributed by atoms with Crippen molar-refractivity contribution in [3.05, 3.63) is 35.4 Å². The number of alkyl halides is 3. The van der Waals surface area contributed by atoms with Crippen LogP contribution in [0.25, 0.3) is 0 Å². The van der Waals surface area contributed by atoms with Crippen molar-refractivity contribution < 1.29 is 13.2 Å². The van der Waals surface area contributed by atoms with Gasteiger partial charge in [-0.15, -0.1) is 0 Å². The Labute approximate surface area is 117 Å². The van der Waals surface area contributed by atoms with E-state index in [4.69, 9.17) is 0 Å². The second kappa shape index (κ2) is 5.37. The maximum atomic E-state index is 12.7. The van der Waals surface area contributed by atoms with Crippen LogP contribution in [0.3, 0.4) is 0 Å². The summed E-state index contributed by atoms with van der Waals surface area (Å²) in [4.78, 5) is 2.23. The molecule has 1 atom stereocenters. The van der Waals surface area contributed by atoms with E-state index in [9.17, 15) is 13.2 Å². The molecule has 3 rings (SSSR count). The maximum absolute atomic E-state index is 12.7. The van der Waals surface area contributed by atoms with Crippen LogP contribution in [0.2, 0.25) is 0 Å². The largest absolute Gasteiger partial charge is 0.416 e. The molecule has 1 aliphatic heterocycles. The SMILES string of the molecule is FC(F)(F)c1cccc(CN2CCC(NC3CC3)C2)c1. The van der Waals surface area contributed by atoms with Gasteiger partial charge in [0.05, 0.1) is 5.56 Å². The third-order valence-corrected chi connectivity index (χ3v) is 3.98. The van der Waals surface area contributed by atoms with E-state index in [0.717, 1.165) is 31.1 Å². The summed E-state index contributed by atoms with van der Waals surface area (Å²) in [6.07, 6.45) is -0.624. The summed E-state index contributed by atoms with van der Waals surface area (Å²) < 4.78 is 38.0. The molecule has 0 aromatic heterocycles. The van der Waals surface area contributed by atoms with Crippen molar-refractivity contribution in [1.29, 1.82) is 0 Å². The van der Waals surface area contributed by atoms with Crippen molar-refractivity contribution >= 4 is 0 Å². The number of nitrogens with zero attached hydrogens (tertiary/aromatic N) is 1. The molecule has 2 fully saturated rings. The van der Waals surface area contributed by atoms with Crippen LogP contribution in [0.4, 0.5) is 13.2 Å². The van der Waals surface area contributed by atoms with Crippen LogP contribution in [0, 0.1) is 0 Å². The van der Waals surface area contributed by atoms with Gasteiger partial charge in [-0.3, -0.25) is 4.90 Å². The van der Waals surface area contributed by atoms with Crippen LogP contribution in [0.1, 0.15) is 30.4 Å². The van der Waals surface area contributed by atoms with Crippen LogP contribution in [0.15, 0.2) is 24.3 Å². The highest BCUT2D eigenvalue weighted by Gasteiger charge is 2.31. The average molecular weight is 284 g/mol. The van der Waals surface area contributed by atoms with Crippen LogP contribution < -0.4 is 5.32 Å². The Morgan fingerprint density at radius 1 is 1.15 bits per heavy atom. The minimum absolute atomic E-state index is 0.508. The lowest BCUT2D eigenvalue weighted by Crippen LogP contribution is -2.33. The lowest BCUT2D eigenvalue weighted by molar-refractivity contribution is -0.137. The van der Waals surface area contributed by atoms with Crippen molar-refractivity contribution in [2.45, 2.75) is 44.1 Å². The van der Waals surface area contributed by atoms with E-state index in [0.29, 0.717) is 18.6 Å². The van der Waals surface area contributed by atoms with Gasteiger partial charge in [0.25, 0.3) is 0 Å². The zero-order valence-corrected chi connectivity index (χ0v) is 11.3. The van der Waals surface area contributed by atoms with Gasteiger partial charge in [0.15, 0.2) is 0 Å². The highest BCUT2D eigenvalue weighted by molar-refractivity contribution is 5.25. The van der Waals surface area contributed by atoms with E-state index < -0.39 is 11.7 Å². The number of rotatable bonds is 4. The van der Waals surface area contributed by atoms with E-state index in [1.54, 1.807) is 6.07 Å². The van der Waals surface area contributed by atoms with Crippen molar-refractivity contribution in [2.24, 2.45) is 0 Å². The van der Waals surface area contributed by atoms with Gasteiger partial charge in [-0.1, -0.05) is 18.2 Å². The number of halogens is 3. The number of nitrogens with one attached hydrogen (secondary N) is 1. The third kappa shape index (κ3) is 3.52. The quantitative estimate of drug-likeness (QED) is 0.914. The molecule has 0 bridgehead atoms. The topological polar surface area (TPSA) is 15.3 Å². The molecule has 1 unspecified atom stereocenters. The molecule has 1 saturated heterocycles. The first-order valence-corrected chi connectivity index (χ1v) is 7.15. The summed E-state index contributed by atoms with van der Waals surface area (Å²) >= 11 is 0. The highest BCUT2D eigenvalue weighted by Crippen LogP contribution is 2.30. The predicted molar refractivity (Wildman–Crippen MR) is 71.3 cm³/mol. The van der Waals surface area contributed by atoms with Gasteiger partial charge < -0.3 is 5.32 Å². The molecule has 110 valence electrons. The van der Waals surface area contributed by atoms with Crippen molar-refractivity contribution in [1.82, 2.24) is 10.2 Å². The Morgan fingerprint density at radius 2 is 1.95 bits per heavy atom. The summed E-state index contributed by atoms with van der Waals surface area (Å²) in [7, 11) is 0. The molecule has 20 heavy (non-hydrogen) atoms. The fourth-order valence-corrected chi connectivity index (χ4v) is 2.80. The van der Waals surface area contributed by atoms with Gasteiger partial charge in [-0.2, -0.15) is 13.2 Å². The zero-order valence-electron chi connectivity index (χ0n) is 11.3. The van der Waals surface area contributed by atoms with E-state index >= 15 is 0 Å². The standard InChI is InChI=1S/C15H19F3N2/c16-15(17,18)12-3-1-2-11(8-12)9-20-7-6-14(10-20)19-13-4-5-13/h1-3,8,13-14,19H,4-7,9-10H2. The molecule has 2 aliphatic rings. The van der Waals surface area contributed by atoms with E-state index in [1.165, 1.54) is 25.0 Å². The Bertz CT molecular complexity index is 468. The summed E-state index contributed by atoms with van der Waals surface area (Å²) in [6.45, 7) is 2.50.